The molecule has 0 aromatic carbocycles. The van der Waals surface area contributed by atoms with Gasteiger partial charge in [-0.05, 0) is 12.8 Å². The number of hydrogen-bond donors (Lipinski definition) is 3. The zero-order valence-electron chi connectivity index (χ0n) is 46.6. The number of hydrogen-bond acceptors (Lipinski definition) is 5. The Balaban J connectivity index is 3.94. The number of quaternary nitrogens is 1. The first kappa shape index (κ1) is 67.5. The molecule has 68 heavy (non-hydrogen) atoms. The molecule has 0 spiro atoms. The molecule has 3 unspecified atom stereocenters. The van der Waals surface area contributed by atoms with E-state index < -0.39 is 20.0 Å². The first-order valence-electron chi connectivity index (χ1n) is 30.4. The maximum Gasteiger partial charge on any atom is 0.472 e. The van der Waals surface area contributed by atoms with Crippen LogP contribution in [0.2, 0.25) is 0 Å². The third-order valence-electron chi connectivity index (χ3n) is 14.4. The zero-order chi connectivity index (χ0) is 49.9. The maximum absolute atomic E-state index is 13.0. The molecule has 0 aromatic heterocycles. The summed E-state index contributed by atoms with van der Waals surface area (Å²) in [5, 5.41) is 14.0. The van der Waals surface area contributed by atoms with E-state index in [2.05, 4.69) is 19.2 Å². The number of carbonyl (C=O) groups is 1. The molecule has 0 saturated carbocycles. The number of carbonyl (C=O) groups excluding carboxylic acids is 1. The average Bonchev–Trinajstić information content (AvgIpc) is 3.30. The van der Waals surface area contributed by atoms with Gasteiger partial charge in [-0.25, -0.2) is 4.57 Å². The molecule has 3 atom stereocenters. The summed E-state index contributed by atoms with van der Waals surface area (Å²) >= 11 is 0. The van der Waals surface area contributed by atoms with Crippen LogP contribution < -0.4 is 5.32 Å². The topological polar surface area (TPSA) is 105 Å². The quantitative estimate of drug-likeness (QED) is 0.0319. The number of rotatable bonds is 57. The number of aliphatic hydroxyl groups is 1. The highest BCUT2D eigenvalue weighted by molar-refractivity contribution is 7.47. The fraction of sp³-hybridized carbons (Fsp3) is 0.983. The molecular formula is C59H122N2O6P+. The van der Waals surface area contributed by atoms with Crippen molar-refractivity contribution >= 4 is 13.7 Å². The van der Waals surface area contributed by atoms with E-state index in [1.807, 2.05) is 21.1 Å². The molecule has 8 nitrogen and oxygen atoms in total. The van der Waals surface area contributed by atoms with Crippen LogP contribution in [0.4, 0.5) is 0 Å². The summed E-state index contributed by atoms with van der Waals surface area (Å²) in [5.74, 6) is -0.136. The average molecular weight is 987 g/mol. The van der Waals surface area contributed by atoms with Crippen molar-refractivity contribution in [3.63, 3.8) is 0 Å². The van der Waals surface area contributed by atoms with Gasteiger partial charge >= 0.3 is 7.82 Å². The van der Waals surface area contributed by atoms with Crippen LogP contribution in [0.1, 0.15) is 322 Å². The third-order valence-corrected chi connectivity index (χ3v) is 15.3. The van der Waals surface area contributed by atoms with Crippen LogP contribution >= 0.6 is 7.82 Å². The number of amides is 1. The highest BCUT2D eigenvalue weighted by Crippen LogP contribution is 2.43. The number of unbranched alkanes of at least 4 members (excludes halogenated alkanes) is 44. The van der Waals surface area contributed by atoms with Gasteiger partial charge in [-0.2, -0.15) is 0 Å². The molecule has 1 amide bonds. The fourth-order valence-corrected chi connectivity index (χ4v) is 10.3. The van der Waals surface area contributed by atoms with E-state index in [0.717, 1.165) is 38.5 Å². The normalized spacial score (nSPS) is 13.8. The van der Waals surface area contributed by atoms with E-state index >= 15 is 0 Å². The van der Waals surface area contributed by atoms with Crippen LogP contribution in [0.15, 0.2) is 0 Å². The molecule has 0 aliphatic carbocycles. The summed E-state index contributed by atoms with van der Waals surface area (Å²) in [4.78, 5) is 23.3. The van der Waals surface area contributed by atoms with Gasteiger partial charge in [0.25, 0.3) is 0 Å². The summed E-state index contributed by atoms with van der Waals surface area (Å²) in [7, 11) is 1.64. The van der Waals surface area contributed by atoms with E-state index in [-0.39, 0.29) is 19.1 Å². The Bertz CT molecular complexity index is 1070. The number of phosphoric acid groups is 1. The van der Waals surface area contributed by atoms with Crippen molar-refractivity contribution in [2.24, 2.45) is 0 Å². The number of likely N-dealkylation sites (N-methyl/N-ethyl adjacent to an activating group) is 1. The van der Waals surface area contributed by atoms with Crippen molar-refractivity contribution in [3.8, 4) is 0 Å². The van der Waals surface area contributed by atoms with Crippen LogP contribution in [0.5, 0.6) is 0 Å². The lowest BCUT2D eigenvalue weighted by molar-refractivity contribution is -0.870. The summed E-state index contributed by atoms with van der Waals surface area (Å²) in [6, 6.07) is -0.754. The molecule has 0 fully saturated rings. The number of nitrogens with one attached hydrogen (secondary N) is 1. The summed E-state index contributed by atoms with van der Waals surface area (Å²) in [5.41, 5.74) is 0. The molecule has 0 bridgehead atoms. The molecule has 3 N–H and O–H groups in total. The van der Waals surface area contributed by atoms with Gasteiger partial charge < -0.3 is 19.8 Å². The predicted octanol–water partition coefficient (Wildman–Crippen LogP) is 18.4. The Kier molecular flexibility index (Phi) is 51.0. The Hall–Kier alpha value is -0.500. The minimum absolute atomic E-state index is 0.0790. The first-order valence-corrected chi connectivity index (χ1v) is 31.9. The molecule has 0 aliphatic rings. The Morgan fingerprint density at radius 1 is 0.441 bits per heavy atom. The van der Waals surface area contributed by atoms with Crippen molar-refractivity contribution < 1.29 is 32.9 Å². The molecule has 408 valence electrons. The van der Waals surface area contributed by atoms with Gasteiger partial charge in [0.05, 0.1) is 39.9 Å². The Morgan fingerprint density at radius 3 is 0.985 bits per heavy atom. The van der Waals surface area contributed by atoms with E-state index in [1.54, 1.807) is 0 Å². The van der Waals surface area contributed by atoms with Gasteiger partial charge in [0.2, 0.25) is 5.91 Å². The number of aliphatic hydroxyl groups excluding tert-OH is 1. The Labute approximate surface area is 425 Å². The van der Waals surface area contributed by atoms with E-state index in [1.165, 1.54) is 257 Å². The summed E-state index contributed by atoms with van der Waals surface area (Å²) < 4.78 is 23.8. The lowest BCUT2D eigenvalue weighted by Gasteiger charge is -2.26. The van der Waals surface area contributed by atoms with Gasteiger partial charge in [-0.1, -0.05) is 303 Å². The van der Waals surface area contributed by atoms with Gasteiger partial charge in [0, 0.05) is 6.42 Å². The molecule has 0 heterocycles. The van der Waals surface area contributed by atoms with Crippen molar-refractivity contribution in [2.75, 3.05) is 40.9 Å². The van der Waals surface area contributed by atoms with E-state index in [9.17, 15) is 19.4 Å². The van der Waals surface area contributed by atoms with E-state index in [0.29, 0.717) is 23.9 Å². The molecule has 0 saturated heterocycles. The second-order valence-corrected chi connectivity index (χ2v) is 23.9. The van der Waals surface area contributed by atoms with Crippen molar-refractivity contribution in [2.45, 2.75) is 334 Å². The Morgan fingerprint density at radius 2 is 0.706 bits per heavy atom. The molecule has 0 aliphatic heterocycles. The third kappa shape index (κ3) is 53.3. The van der Waals surface area contributed by atoms with Gasteiger partial charge in [0.15, 0.2) is 0 Å². The molecule has 9 heteroatoms. The lowest BCUT2D eigenvalue weighted by atomic mass is 10.0. The minimum atomic E-state index is -4.31. The molecular weight excluding hydrogens is 864 g/mol. The predicted molar refractivity (Wildman–Crippen MR) is 296 cm³/mol. The van der Waals surface area contributed by atoms with Crippen LogP contribution in [-0.4, -0.2) is 73.4 Å². The van der Waals surface area contributed by atoms with Crippen molar-refractivity contribution in [1.29, 1.82) is 0 Å². The first-order chi connectivity index (χ1) is 33.0. The highest BCUT2D eigenvalue weighted by Gasteiger charge is 2.28. The standard InChI is InChI=1S/C59H121N2O6P/c1-6-8-10-12-14-16-18-20-22-23-24-25-26-27-28-29-30-31-32-33-34-35-36-37-38-39-41-43-45-47-49-51-53-59(63)60-57(56-67-68(64,65)66-55-54-61(3,4)5)58(62)52-50-48-46-44-42-40-21-19-17-15-13-11-9-7-2/h57-58,62H,6-56H2,1-5H3,(H-,60,63,64,65)/p+1. The van der Waals surface area contributed by atoms with Crippen LogP contribution in [0, 0.1) is 0 Å². The SMILES string of the molecule is CCCCCCCCCCCCCCCCCCCCCCCCCCCCCCCCCCC(=O)NC(COP(=O)(O)OCC[N+](C)(C)C)C(O)CCCCCCCCCCCCCCCC. The maximum atomic E-state index is 13.0. The fourth-order valence-electron chi connectivity index (χ4n) is 9.58. The second-order valence-electron chi connectivity index (χ2n) is 22.4. The van der Waals surface area contributed by atoms with Crippen molar-refractivity contribution in [3.05, 3.63) is 0 Å². The smallest absolute Gasteiger partial charge is 0.391 e. The zero-order valence-corrected chi connectivity index (χ0v) is 47.5. The number of phosphoric ester groups is 1. The van der Waals surface area contributed by atoms with E-state index in [4.69, 9.17) is 9.05 Å². The van der Waals surface area contributed by atoms with Gasteiger partial charge in [0.1, 0.15) is 13.2 Å². The largest absolute Gasteiger partial charge is 0.472 e. The van der Waals surface area contributed by atoms with Gasteiger partial charge in [-0.15, -0.1) is 0 Å². The highest BCUT2D eigenvalue weighted by atomic mass is 31.2. The summed E-state index contributed by atoms with van der Waals surface area (Å²) in [6.07, 6.45) is 61.8. The molecule has 0 radical (unpaired) electrons. The number of nitrogens with zero attached hydrogens (tertiary/aromatic N) is 1. The minimum Gasteiger partial charge on any atom is -0.391 e. The molecule has 0 rings (SSSR count). The monoisotopic (exact) mass is 986 g/mol. The van der Waals surface area contributed by atoms with Crippen LogP contribution in [0.25, 0.3) is 0 Å². The lowest BCUT2D eigenvalue weighted by Crippen LogP contribution is -2.46. The molecule has 0 aromatic rings. The van der Waals surface area contributed by atoms with Crippen LogP contribution in [-0.2, 0) is 18.4 Å². The van der Waals surface area contributed by atoms with Gasteiger partial charge in [-0.3, -0.25) is 13.8 Å². The summed E-state index contributed by atoms with van der Waals surface area (Å²) in [6.45, 7) is 4.94. The second kappa shape index (κ2) is 51.4. The van der Waals surface area contributed by atoms with Crippen LogP contribution in [0.3, 0.4) is 0 Å². The van der Waals surface area contributed by atoms with Crippen molar-refractivity contribution in [1.82, 2.24) is 5.32 Å².